The first-order valence-electron chi connectivity index (χ1n) is 13.3. The van der Waals surface area contributed by atoms with Crippen LogP contribution in [0.15, 0.2) is 102 Å². The van der Waals surface area contributed by atoms with Crippen molar-refractivity contribution in [1.82, 2.24) is 10.2 Å². The summed E-state index contributed by atoms with van der Waals surface area (Å²) in [7, 11) is -2.76. The minimum Gasteiger partial charge on any atom is -0.357 e. The van der Waals surface area contributed by atoms with Crippen molar-refractivity contribution in [3.05, 3.63) is 129 Å². The average molecular weight is 659 g/mol. The number of halogens is 3. The average Bonchev–Trinajstić information content (AvgIpc) is 2.99. The molecule has 0 aliphatic heterocycles. The molecule has 224 valence electrons. The third-order valence-corrected chi connectivity index (χ3v) is 9.63. The van der Waals surface area contributed by atoms with E-state index in [4.69, 9.17) is 34.8 Å². The van der Waals surface area contributed by atoms with Crippen molar-refractivity contribution in [3.8, 4) is 0 Å². The highest BCUT2D eigenvalue weighted by Gasteiger charge is 2.35. The molecule has 1 N–H and O–H groups in total. The number of likely N-dealkylation sites (N-methyl/N-ethyl adjacent to an activating group) is 1. The number of sulfonamides is 1. The Morgan fingerprint density at radius 3 is 2.07 bits per heavy atom. The fourth-order valence-electron chi connectivity index (χ4n) is 4.62. The maximum Gasteiger partial charge on any atom is 0.264 e. The first-order chi connectivity index (χ1) is 20.5. The lowest BCUT2D eigenvalue weighted by molar-refractivity contribution is -0.139. The Morgan fingerprint density at radius 2 is 1.47 bits per heavy atom. The van der Waals surface area contributed by atoms with E-state index in [1.807, 2.05) is 43.3 Å². The Bertz CT molecular complexity index is 1680. The summed E-state index contributed by atoms with van der Waals surface area (Å²) in [6.07, 6.45) is 0.169. The molecule has 4 rings (SSSR count). The summed E-state index contributed by atoms with van der Waals surface area (Å²) in [6.45, 7) is 1.09. The van der Waals surface area contributed by atoms with Crippen LogP contribution in [0.2, 0.25) is 15.1 Å². The van der Waals surface area contributed by atoms with E-state index in [0.717, 1.165) is 15.4 Å². The molecule has 0 radical (unpaired) electrons. The van der Waals surface area contributed by atoms with Gasteiger partial charge in [-0.1, -0.05) is 83.3 Å². The van der Waals surface area contributed by atoms with Gasteiger partial charge in [-0.15, -0.1) is 0 Å². The maximum atomic E-state index is 14.4. The van der Waals surface area contributed by atoms with E-state index in [2.05, 4.69) is 5.32 Å². The lowest BCUT2D eigenvalue weighted by Gasteiger charge is -2.34. The molecule has 0 saturated heterocycles. The smallest absolute Gasteiger partial charge is 0.264 e. The molecule has 0 heterocycles. The number of amides is 2. The number of anilines is 1. The van der Waals surface area contributed by atoms with E-state index >= 15 is 0 Å². The topological polar surface area (TPSA) is 86.8 Å². The van der Waals surface area contributed by atoms with E-state index < -0.39 is 34.4 Å². The summed E-state index contributed by atoms with van der Waals surface area (Å²) in [5, 5.41) is 3.64. The number of hydrogen-bond donors (Lipinski definition) is 1. The molecular weight excluding hydrogens is 629 g/mol. The zero-order valence-corrected chi connectivity index (χ0v) is 26.6. The second-order valence-electron chi connectivity index (χ2n) is 9.85. The number of benzene rings is 4. The Labute approximate surface area is 267 Å². The molecule has 0 aromatic heterocycles. The molecule has 0 saturated carbocycles. The fourth-order valence-corrected chi connectivity index (χ4v) is 6.67. The molecule has 0 spiro atoms. The summed E-state index contributed by atoms with van der Waals surface area (Å²) < 4.78 is 29.1. The third kappa shape index (κ3) is 7.89. The largest absolute Gasteiger partial charge is 0.357 e. The van der Waals surface area contributed by atoms with Crippen LogP contribution in [-0.4, -0.2) is 44.8 Å². The number of hydrogen-bond acceptors (Lipinski definition) is 4. The minimum absolute atomic E-state index is 0.0426. The zero-order chi connectivity index (χ0) is 31.1. The Hall–Kier alpha value is -3.56. The van der Waals surface area contributed by atoms with Crippen LogP contribution in [-0.2, 0) is 32.6 Å². The van der Waals surface area contributed by atoms with Crippen LogP contribution >= 0.6 is 34.8 Å². The molecule has 0 unspecified atom stereocenters. The van der Waals surface area contributed by atoms with Gasteiger partial charge in [-0.05, 0) is 66.6 Å². The molecule has 0 aliphatic carbocycles. The van der Waals surface area contributed by atoms with Gasteiger partial charge in [-0.2, -0.15) is 0 Å². The van der Waals surface area contributed by atoms with Gasteiger partial charge in [0.25, 0.3) is 10.0 Å². The maximum absolute atomic E-state index is 14.4. The van der Waals surface area contributed by atoms with Crippen molar-refractivity contribution < 1.29 is 18.0 Å². The molecule has 2 amide bonds. The summed E-state index contributed by atoms with van der Waals surface area (Å²) in [4.78, 5) is 29.0. The van der Waals surface area contributed by atoms with Crippen LogP contribution in [0, 0.1) is 6.92 Å². The van der Waals surface area contributed by atoms with Crippen molar-refractivity contribution in [2.24, 2.45) is 0 Å². The molecule has 0 fully saturated rings. The molecule has 0 bridgehead atoms. The lowest BCUT2D eigenvalue weighted by Crippen LogP contribution is -2.53. The summed E-state index contributed by atoms with van der Waals surface area (Å²) in [6, 6.07) is 25.7. The highest BCUT2D eigenvalue weighted by molar-refractivity contribution is 7.92. The van der Waals surface area contributed by atoms with Crippen LogP contribution in [0.4, 0.5) is 5.69 Å². The summed E-state index contributed by atoms with van der Waals surface area (Å²) >= 11 is 19.0. The van der Waals surface area contributed by atoms with Crippen molar-refractivity contribution in [3.63, 3.8) is 0 Å². The first kappa shape index (κ1) is 32.4. The van der Waals surface area contributed by atoms with Crippen molar-refractivity contribution >= 4 is 62.3 Å². The number of rotatable bonds is 11. The van der Waals surface area contributed by atoms with Crippen LogP contribution in [0.25, 0.3) is 0 Å². The predicted molar refractivity (Wildman–Crippen MR) is 172 cm³/mol. The second-order valence-corrected chi connectivity index (χ2v) is 13.0. The molecule has 0 aliphatic rings. The van der Waals surface area contributed by atoms with E-state index in [0.29, 0.717) is 26.3 Å². The fraction of sp³-hybridized carbons (Fsp3) is 0.188. The van der Waals surface area contributed by atoms with Crippen molar-refractivity contribution in [2.75, 3.05) is 17.9 Å². The van der Waals surface area contributed by atoms with Gasteiger partial charge in [0, 0.05) is 40.6 Å². The second kappa shape index (κ2) is 14.3. The van der Waals surface area contributed by atoms with E-state index in [1.54, 1.807) is 36.4 Å². The van der Waals surface area contributed by atoms with Crippen LogP contribution in [0.1, 0.15) is 16.7 Å². The van der Waals surface area contributed by atoms with E-state index in [-0.39, 0.29) is 17.9 Å². The molecule has 43 heavy (non-hydrogen) atoms. The van der Waals surface area contributed by atoms with Gasteiger partial charge < -0.3 is 10.2 Å². The standard InChI is InChI=1S/C32H30Cl3N3O4S/c1-22-8-6-11-25(18-22)38(43(41,42)26-16-14-24(33)15-17-26)21-31(39)37(20-27-28(34)12-7-13-29(27)35)30(32(40)36-2)19-23-9-4-3-5-10-23/h3-18,30H,19-21H2,1-2H3,(H,36,40)/t30-/m1/s1. The molecule has 4 aromatic carbocycles. The number of nitrogens with zero attached hydrogens (tertiary/aromatic N) is 2. The van der Waals surface area contributed by atoms with E-state index in [9.17, 15) is 18.0 Å². The zero-order valence-electron chi connectivity index (χ0n) is 23.5. The Kier molecular flexibility index (Phi) is 10.7. The Balaban J connectivity index is 1.82. The van der Waals surface area contributed by atoms with Crippen LogP contribution in [0.5, 0.6) is 0 Å². The van der Waals surface area contributed by atoms with Gasteiger partial charge in [0.15, 0.2) is 0 Å². The van der Waals surface area contributed by atoms with E-state index in [1.165, 1.54) is 36.2 Å². The molecule has 1 atom stereocenters. The number of nitrogens with one attached hydrogen (secondary N) is 1. The molecule has 4 aromatic rings. The first-order valence-corrected chi connectivity index (χ1v) is 15.9. The number of carbonyl (C=O) groups is 2. The normalized spacial score (nSPS) is 11.9. The van der Waals surface area contributed by atoms with Gasteiger partial charge >= 0.3 is 0 Å². The number of carbonyl (C=O) groups excluding carboxylic acids is 2. The van der Waals surface area contributed by atoms with Gasteiger partial charge in [-0.25, -0.2) is 8.42 Å². The summed E-state index contributed by atoms with van der Waals surface area (Å²) in [5.41, 5.74) is 2.33. The van der Waals surface area contributed by atoms with Gasteiger partial charge in [0.1, 0.15) is 12.6 Å². The summed E-state index contributed by atoms with van der Waals surface area (Å²) in [5.74, 6) is -1.05. The lowest BCUT2D eigenvalue weighted by atomic mass is 10.0. The predicted octanol–water partition coefficient (Wildman–Crippen LogP) is 6.54. The van der Waals surface area contributed by atoms with Crippen molar-refractivity contribution in [2.45, 2.75) is 30.8 Å². The molecular formula is C32H30Cl3N3O4S. The number of aryl methyl sites for hydroxylation is 1. The monoisotopic (exact) mass is 657 g/mol. The minimum atomic E-state index is -4.24. The molecule has 11 heteroatoms. The highest BCUT2D eigenvalue weighted by Crippen LogP contribution is 2.29. The van der Waals surface area contributed by atoms with Gasteiger partial charge in [0.2, 0.25) is 11.8 Å². The third-order valence-electron chi connectivity index (χ3n) is 6.88. The van der Waals surface area contributed by atoms with Crippen molar-refractivity contribution in [1.29, 1.82) is 0 Å². The highest BCUT2D eigenvalue weighted by atomic mass is 35.5. The van der Waals surface area contributed by atoms with Crippen LogP contribution < -0.4 is 9.62 Å². The Morgan fingerprint density at radius 1 is 0.837 bits per heavy atom. The SMILES string of the molecule is CNC(=O)[C@@H](Cc1ccccc1)N(Cc1c(Cl)cccc1Cl)C(=O)CN(c1cccc(C)c1)S(=O)(=O)c1ccc(Cl)cc1. The van der Waals surface area contributed by atoms with Crippen LogP contribution in [0.3, 0.4) is 0 Å². The van der Waals surface area contributed by atoms with Gasteiger partial charge in [-0.3, -0.25) is 13.9 Å². The molecule has 7 nitrogen and oxygen atoms in total. The quantitative estimate of drug-likeness (QED) is 0.198. The van der Waals surface area contributed by atoms with Gasteiger partial charge in [0.05, 0.1) is 10.6 Å².